The summed E-state index contributed by atoms with van der Waals surface area (Å²) in [5.74, 6) is 0.240. The molecule has 1 aliphatic carbocycles. The van der Waals surface area contributed by atoms with Crippen molar-refractivity contribution in [1.29, 1.82) is 0 Å². The quantitative estimate of drug-likeness (QED) is 0.704. The molecule has 4 nitrogen and oxygen atoms in total. The monoisotopic (exact) mass is 220 g/mol. The zero-order valence-corrected chi connectivity index (χ0v) is 9.81. The van der Waals surface area contributed by atoms with Gasteiger partial charge in [0.1, 0.15) is 0 Å². The van der Waals surface area contributed by atoms with Crippen molar-refractivity contribution in [1.82, 2.24) is 4.31 Å². The predicted molar refractivity (Wildman–Crippen MR) is 57.4 cm³/mol. The van der Waals surface area contributed by atoms with E-state index in [-0.39, 0.29) is 11.2 Å². The smallest absolute Gasteiger partial charge is 0.213 e. The molecule has 14 heavy (non-hydrogen) atoms. The first-order chi connectivity index (χ1) is 6.46. The Morgan fingerprint density at radius 3 is 2.36 bits per heavy atom. The molecular formula is C9H20N2O2S. The molecule has 0 aromatic carbocycles. The Hall–Kier alpha value is -0.130. The van der Waals surface area contributed by atoms with E-state index in [9.17, 15) is 8.42 Å². The number of sulfonamides is 1. The second-order valence-electron chi connectivity index (χ2n) is 4.28. The van der Waals surface area contributed by atoms with Crippen molar-refractivity contribution >= 4 is 10.0 Å². The fourth-order valence-corrected chi connectivity index (χ4v) is 2.89. The molecule has 1 rings (SSSR count). The topological polar surface area (TPSA) is 63.4 Å². The zero-order chi connectivity index (χ0) is 10.8. The molecule has 1 saturated carbocycles. The van der Waals surface area contributed by atoms with Gasteiger partial charge in [0.05, 0.1) is 5.75 Å². The molecule has 0 radical (unpaired) electrons. The van der Waals surface area contributed by atoms with Crippen LogP contribution in [0.4, 0.5) is 0 Å². The van der Waals surface area contributed by atoms with Gasteiger partial charge in [-0.1, -0.05) is 6.92 Å². The van der Waals surface area contributed by atoms with Gasteiger partial charge in [0.15, 0.2) is 0 Å². The Kier molecular flexibility index (Phi) is 3.55. The van der Waals surface area contributed by atoms with Gasteiger partial charge in [0, 0.05) is 13.6 Å². The summed E-state index contributed by atoms with van der Waals surface area (Å²) in [5.41, 5.74) is 5.71. The van der Waals surface area contributed by atoms with Crippen LogP contribution in [0.5, 0.6) is 0 Å². The summed E-state index contributed by atoms with van der Waals surface area (Å²) in [6.07, 6.45) is 2.80. The fourth-order valence-electron chi connectivity index (χ4n) is 1.59. The predicted octanol–water partition coefficient (Wildman–Crippen LogP) is 0.397. The Bertz CT molecular complexity index is 283. The lowest BCUT2D eigenvalue weighted by atomic mass is 10.1. The second-order valence-corrected chi connectivity index (χ2v) is 6.47. The molecule has 0 bridgehead atoms. The van der Waals surface area contributed by atoms with Crippen LogP contribution in [0.1, 0.15) is 26.2 Å². The van der Waals surface area contributed by atoms with Gasteiger partial charge in [-0.15, -0.1) is 0 Å². The second kappa shape index (κ2) is 4.16. The van der Waals surface area contributed by atoms with Crippen LogP contribution in [-0.4, -0.2) is 38.6 Å². The lowest BCUT2D eigenvalue weighted by Crippen LogP contribution is -2.36. The van der Waals surface area contributed by atoms with Gasteiger partial charge in [-0.3, -0.25) is 0 Å². The van der Waals surface area contributed by atoms with E-state index in [0.29, 0.717) is 19.5 Å². The summed E-state index contributed by atoms with van der Waals surface area (Å²) in [6.45, 7) is 3.06. The number of nitrogens with zero attached hydrogens (tertiary/aromatic N) is 1. The molecule has 84 valence electrons. The third-order valence-corrected chi connectivity index (χ3v) is 4.89. The number of hydrogen-bond acceptors (Lipinski definition) is 3. The summed E-state index contributed by atoms with van der Waals surface area (Å²) in [6, 6.07) is 0. The summed E-state index contributed by atoms with van der Waals surface area (Å²) in [4.78, 5) is 0. The molecule has 0 aliphatic heterocycles. The van der Waals surface area contributed by atoms with E-state index >= 15 is 0 Å². The maximum Gasteiger partial charge on any atom is 0.213 e. The first-order valence-electron chi connectivity index (χ1n) is 5.10. The molecule has 1 fully saturated rings. The average molecular weight is 220 g/mol. The minimum absolute atomic E-state index is 0.0928. The van der Waals surface area contributed by atoms with Crippen LogP contribution in [0.3, 0.4) is 0 Å². The van der Waals surface area contributed by atoms with Gasteiger partial charge in [0.2, 0.25) is 10.0 Å². The SMILES string of the molecule is CCCS(=O)(=O)N(C)CC1(CN)CC1. The molecular weight excluding hydrogens is 200 g/mol. The van der Waals surface area contributed by atoms with Crippen molar-refractivity contribution in [3.8, 4) is 0 Å². The largest absolute Gasteiger partial charge is 0.330 e. The van der Waals surface area contributed by atoms with E-state index in [1.807, 2.05) is 6.92 Å². The number of hydrogen-bond donors (Lipinski definition) is 1. The highest BCUT2D eigenvalue weighted by molar-refractivity contribution is 7.89. The van der Waals surface area contributed by atoms with Crippen LogP contribution < -0.4 is 5.73 Å². The summed E-state index contributed by atoms with van der Waals surface area (Å²) >= 11 is 0. The number of rotatable bonds is 6. The first-order valence-corrected chi connectivity index (χ1v) is 6.71. The third kappa shape index (κ3) is 2.68. The summed E-state index contributed by atoms with van der Waals surface area (Å²) < 4.78 is 24.7. The van der Waals surface area contributed by atoms with Crippen LogP contribution in [0.25, 0.3) is 0 Å². The minimum Gasteiger partial charge on any atom is -0.330 e. The van der Waals surface area contributed by atoms with Crippen LogP contribution in [-0.2, 0) is 10.0 Å². The maximum atomic E-state index is 11.6. The zero-order valence-electron chi connectivity index (χ0n) is 8.99. The highest BCUT2D eigenvalue weighted by atomic mass is 32.2. The van der Waals surface area contributed by atoms with Gasteiger partial charge in [-0.05, 0) is 31.2 Å². The first kappa shape index (κ1) is 11.9. The van der Waals surface area contributed by atoms with Crippen molar-refractivity contribution < 1.29 is 8.42 Å². The van der Waals surface area contributed by atoms with E-state index < -0.39 is 10.0 Å². The fraction of sp³-hybridized carbons (Fsp3) is 1.00. The van der Waals surface area contributed by atoms with Crippen molar-refractivity contribution in [2.45, 2.75) is 26.2 Å². The highest BCUT2D eigenvalue weighted by Gasteiger charge is 2.43. The van der Waals surface area contributed by atoms with Gasteiger partial charge in [-0.25, -0.2) is 12.7 Å². The van der Waals surface area contributed by atoms with Crippen LogP contribution in [0.15, 0.2) is 0 Å². The van der Waals surface area contributed by atoms with Crippen LogP contribution in [0, 0.1) is 5.41 Å². The molecule has 0 atom stereocenters. The Labute approximate surface area is 86.5 Å². The molecule has 2 N–H and O–H groups in total. The lowest BCUT2D eigenvalue weighted by molar-refractivity contribution is 0.371. The third-order valence-electron chi connectivity index (χ3n) is 2.89. The normalized spacial score (nSPS) is 20.0. The average Bonchev–Trinajstić information content (AvgIpc) is 2.85. The van der Waals surface area contributed by atoms with Crippen LogP contribution in [0.2, 0.25) is 0 Å². The van der Waals surface area contributed by atoms with Gasteiger partial charge in [-0.2, -0.15) is 0 Å². The highest BCUT2D eigenvalue weighted by Crippen LogP contribution is 2.45. The van der Waals surface area contributed by atoms with Gasteiger partial charge in [0.25, 0.3) is 0 Å². The number of nitrogens with two attached hydrogens (primary N) is 1. The van der Waals surface area contributed by atoms with Crippen molar-refractivity contribution in [2.75, 3.05) is 25.9 Å². The summed E-state index contributed by atoms with van der Waals surface area (Å²) in [7, 11) is -1.38. The van der Waals surface area contributed by atoms with E-state index in [0.717, 1.165) is 12.8 Å². The van der Waals surface area contributed by atoms with Crippen LogP contribution >= 0.6 is 0 Å². The lowest BCUT2D eigenvalue weighted by Gasteiger charge is -2.22. The molecule has 0 amide bonds. The Morgan fingerprint density at radius 1 is 1.43 bits per heavy atom. The van der Waals surface area contributed by atoms with Crippen molar-refractivity contribution in [2.24, 2.45) is 11.1 Å². The van der Waals surface area contributed by atoms with E-state index in [1.165, 1.54) is 4.31 Å². The van der Waals surface area contributed by atoms with Crippen molar-refractivity contribution in [3.63, 3.8) is 0 Å². The molecule has 0 saturated heterocycles. The minimum atomic E-state index is -3.04. The molecule has 0 heterocycles. The molecule has 0 spiro atoms. The van der Waals surface area contributed by atoms with Crippen molar-refractivity contribution in [3.05, 3.63) is 0 Å². The van der Waals surface area contributed by atoms with E-state index in [4.69, 9.17) is 5.73 Å². The molecule has 5 heteroatoms. The Balaban J connectivity index is 2.53. The molecule has 1 aliphatic rings. The molecule has 0 aromatic heterocycles. The molecule has 0 aromatic rings. The van der Waals surface area contributed by atoms with Gasteiger partial charge >= 0.3 is 0 Å². The maximum absolute atomic E-state index is 11.6. The Morgan fingerprint density at radius 2 is 2.00 bits per heavy atom. The van der Waals surface area contributed by atoms with E-state index in [1.54, 1.807) is 7.05 Å². The standard InChI is InChI=1S/C9H20N2O2S/c1-3-6-14(12,13)11(2)8-9(7-10)4-5-9/h3-8,10H2,1-2H3. The summed E-state index contributed by atoms with van der Waals surface area (Å²) in [5, 5.41) is 0. The molecule has 0 unspecified atom stereocenters. The van der Waals surface area contributed by atoms with Gasteiger partial charge < -0.3 is 5.73 Å². The van der Waals surface area contributed by atoms with E-state index in [2.05, 4.69) is 0 Å².